The Kier molecular flexibility index (Phi) is 2.20. The van der Waals surface area contributed by atoms with E-state index in [1.165, 1.54) is 0 Å². The molecular formula is C9H9BrN2O2. The van der Waals surface area contributed by atoms with Gasteiger partial charge in [0.15, 0.2) is 0 Å². The smallest absolute Gasteiger partial charge is 0.137 e. The van der Waals surface area contributed by atoms with Gasteiger partial charge in [-0.05, 0) is 22.0 Å². The molecule has 1 aromatic heterocycles. The van der Waals surface area contributed by atoms with E-state index < -0.39 is 0 Å². The van der Waals surface area contributed by atoms with Crippen LogP contribution in [-0.4, -0.2) is 20.0 Å². The minimum absolute atomic E-state index is 0.0544. The quantitative estimate of drug-likeness (QED) is 0.814. The maximum atomic E-state index is 9.65. The second-order valence-corrected chi connectivity index (χ2v) is 3.94. The van der Waals surface area contributed by atoms with Gasteiger partial charge in [-0.15, -0.1) is 0 Å². The number of benzene rings is 1. The van der Waals surface area contributed by atoms with E-state index in [0.29, 0.717) is 15.6 Å². The minimum atomic E-state index is -0.223. The molecule has 0 aliphatic carbocycles. The number of fused-ring (bicyclic) bond motifs is 1. The van der Waals surface area contributed by atoms with E-state index in [1.807, 2.05) is 6.20 Å². The van der Waals surface area contributed by atoms with Crippen LogP contribution in [0.2, 0.25) is 0 Å². The Hall–Kier alpha value is -1.07. The number of hydrogen-bond donors (Lipinski definition) is 2. The van der Waals surface area contributed by atoms with Crippen LogP contribution in [-0.2, 0) is 13.7 Å². The summed E-state index contributed by atoms with van der Waals surface area (Å²) < 4.78 is 2.22. The molecule has 2 rings (SSSR count). The molecule has 0 saturated carbocycles. The highest BCUT2D eigenvalue weighted by Crippen LogP contribution is 2.33. The van der Waals surface area contributed by atoms with Gasteiger partial charge in [0.05, 0.1) is 11.1 Å². The van der Waals surface area contributed by atoms with Crippen molar-refractivity contribution < 1.29 is 10.2 Å². The van der Waals surface area contributed by atoms with Crippen molar-refractivity contribution in [3.05, 3.63) is 22.3 Å². The fourth-order valence-corrected chi connectivity index (χ4v) is 1.94. The number of aromatic hydroxyl groups is 1. The molecule has 0 fully saturated rings. The lowest BCUT2D eigenvalue weighted by Crippen LogP contribution is -1.90. The van der Waals surface area contributed by atoms with Crippen molar-refractivity contribution in [1.29, 1.82) is 0 Å². The molecule has 2 aromatic rings. The van der Waals surface area contributed by atoms with Crippen molar-refractivity contribution in [3.63, 3.8) is 0 Å². The topological polar surface area (TPSA) is 58.3 Å². The molecule has 74 valence electrons. The van der Waals surface area contributed by atoms with Crippen LogP contribution < -0.4 is 0 Å². The van der Waals surface area contributed by atoms with Gasteiger partial charge in [-0.3, -0.25) is 4.68 Å². The normalized spacial score (nSPS) is 11.1. The molecule has 4 nitrogen and oxygen atoms in total. The third kappa shape index (κ3) is 1.29. The molecule has 0 unspecified atom stereocenters. The molecule has 1 heterocycles. The van der Waals surface area contributed by atoms with E-state index in [9.17, 15) is 5.11 Å². The Morgan fingerprint density at radius 2 is 2.29 bits per heavy atom. The number of halogens is 1. The lowest BCUT2D eigenvalue weighted by molar-refractivity contribution is 0.276. The number of nitrogens with zero attached hydrogens (tertiary/aromatic N) is 2. The van der Waals surface area contributed by atoms with Gasteiger partial charge in [0.25, 0.3) is 0 Å². The second-order valence-electron chi connectivity index (χ2n) is 3.08. The van der Waals surface area contributed by atoms with E-state index in [0.717, 1.165) is 5.39 Å². The summed E-state index contributed by atoms with van der Waals surface area (Å²) in [5.74, 6) is 0.0544. The number of aromatic nitrogens is 2. The fourth-order valence-electron chi connectivity index (χ4n) is 1.46. The van der Waals surface area contributed by atoms with E-state index in [4.69, 9.17) is 5.11 Å². The molecule has 0 saturated heterocycles. The lowest BCUT2D eigenvalue weighted by atomic mass is 10.1. The monoisotopic (exact) mass is 256 g/mol. The maximum Gasteiger partial charge on any atom is 0.137 e. The van der Waals surface area contributed by atoms with Crippen molar-refractivity contribution in [3.8, 4) is 5.75 Å². The molecule has 0 aliphatic rings. The summed E-state index contributed by atoms with van der Waals surface area (Å²) in [6.07, 6.45) is 1.83. The van der Waals surface area contributed by atoms with Gasteiger partial charge in [-0.1, -0.05) is 0 Å². The lowest BCUT2D eigenvalue weighted by Gasteiger charge is -2.03. The molecule has 0 bridgehead atoms. The molecule has 0 spiro atoms. The Balaban J connectivity index is 2.87. The van der Waals surface area contributed by atoms with Crippen LogP contribution in [0, 0.1) is 0 Å². The number of phenols is 1. The van der Waals surface area contributed by atoms with Crippen LogP contribution in [0.1, 0.15) is 5.56 Å². The first-order chi connectivity index (χ1) is 6.63. The zero-order chi connectivity index (χ0) is 10.3. The molecule has 1 aromatic carbocycles. The first-order valence-electron chi connectivity index (χ1n) is 4.08. The Bertz CT molecular complexity index is 493. The predicted octanol–water partition coefficient (Wildman–Crippen LogP) is 1.53. The van der Waals surface area contributed by atoms with E-state index >= 15 is 0 Å². The third-order valence-corrected chi connectivity index (χ3v) is 2.70. The van der Waals surface area contributed by atoms with E-state index in [-0.39, 0.29) is 12.4 Å². The van der Waals surface area contributed by atoms with Gasteiger partial charge in [-0.25, -0.2) is 0 Å². The second kappa shape index (κ2) is 3.25. The van der Waals surface area contributed by atoms with Crippen molar-refractivity contribution in [2.24, 2.45) is 7.05 Å². The van der Waals surface area contributed by atoms with E-state index in [2.05, 4.69) is 21.0 Å². The van der Waals surface area contributed by atoms with Gasteiger partial charge < -0.3 is 10.2 Å². The highest BCUT2D eigenvalue weighted by molar-refractivity contribution is 9.10. The van der Waals surface area contributed by atoms with Gasteiger partial charge in [-0.2, -0.15) is 5.10 Å². The van der Waals surface area contributed by atoms with E-state index in [1.54, 1.807) is 17.8 Å². The fraction of sp³-hybridized carbons (Fsp3) is 0.222. The van der Waals surface area contributed by atoms with Gasteiger partial charge in [0.1, 0.15) is 11.3 Å². The third-order valence-electron chi connectivity index (χ3n) is 2.10. The molecule has 0 aliphatic heterocycles. The largest absolute Gasteiger partial charge is 0.506 e. The zero-order valence-electron chi connectivity index (χ0n) is 7.53. The first kappa shape index (κ1) is 9.48. The van der Waals surface area contributed by atoms with Crippen LogP contribution in [0.15, 0.2) is 16.7 Å². The SMILES string of the molecule is Cn1cc2cc(Br)c(O)c(CO)c2n1. The minimum Gasteiger partial charge on any atom is -0.506 e. The number of aliphatic hydroxyl groups excluding tert-OH is 1. The molecule has 0 radical (unpaired) electrons. The summed E-state index contributed by atoms with van der Waals surface area (Å²) in [7, 11) is 1.80. The average Bonchev–Trinajstić information content (AvgIpc) is 2.47. The summed E-state index contributed by atoms with van der Waals surface area (Å²) in [4.78, 5) is 0. The van der Waals surface area contributed by atoms with Crippen LogP contribution in [0.5, 0.6) is 5.75 Å². The Morgan fingerprint density at radius 1 is 1.57 bits per heavy atom. The average molecular weight is 257 g/mol. The van der Waals surface area contributed by atoms with Crippen LogP contribution in [0.4, 0.5) is 0 Å². The summed E-state index contributed by atoms with van der Waals surface area (Å²) in [6.45, 7) is -0.223. The molecule has 0 amide bonds. The molecule has 5 heteroatoms. The number of rotatable bonds is 1. The van der Waals surface area contributed by atoms with Crippen LogP contribution in [0.3, 0.4) is 0 Å². The molecule has 2 N–H and O–H groups in total. The highest BCUT2D eigenvalue weighted by Gasteiger charge is 2.12. The van der Waals surface area contributed by atoms with Crippen molar-refractivity contribution in [1.82, 2.24) is 9.78 Å². The Morgan fingerprint density at radius 3 is 2.93 bits per heavy atom. The van der Waals surface area contributed by atoms with Gasteiger partial charge in [0, 0.05) is 24.2 Å². The summed E-state index contributed by atoms with van der Waals surface area (Å²) >= 11 is 3.22. The van der Waals surface area contributed by atoms with Crippen molar-refractivity contribution in [2.75, 3.05) is 0 Å². The highest BCUT2D eigenvalue weighted by atomic mass is 79.9. The predicted molar refractivity (Wildman–Crippen MR) is 56.0 cm³/mol. The zero-order valence-corrected chi connectivity index (χ0v) is 9.11. The number of aryl methyl sites for hydroxylation is 1. The first-order valence-corrected chi connectivity index (χ1v) is 4.87. The molecular weight excluding hydrogens is 248 g/mol. The summed E-state index contributed by atoms with van der Waals surface area (Å²) in [6, 6.07) is 1.77. The Labute approximate surface area is 88.9 Å². The van der Waals surface area contributed by atoms with Crippen LogP contribution in [0.25, 0.3) is 10.9 Å². The maximum absolute atomic E-state index is 9.65. The number of hydrogen-bond acceptors (Lipinski definition) is 3. The standard InChI is InChI=1S/C9H9BrN2O2/c1-12-3-5-2-7(10)9(14)6(4-13)8(5)11-12/h2-3,13-14H,4H2,1H3. The van der Waals surface area contributed by atoms with Crippen molar-refractivity contribution >= 4 is 26.8 Å². The summed E-state index contributed by atoms with van der Waals surface area (Å²) in [5.41, 5.74) is 1.09. The number of aliphatic hydroxyl groups is 1. The van der Waals surface area contributed by atoms with Crippen molar-refractivity contribution in [2.45, 2.75) is 6.61 Å². The molecule has 14 heavy (non-hydrogen) atoms. The van der Waals surface area contributed by atoms with Gasteiger partial charge in [0.2, 0.25) is 0 Å². The van der Waals surface area contributed by atoms with Crippen LogP contribution >= 0.6 is 15.9 Å². The summed E-state index contributed by atoms with van der Waals surface area (Å²) in [5, 5.41) is 23.8. The molecule has 0 atom stereocenters. The van der Waals surface area contributed by atoms with Gasteiger partial charge >= 0.3 is 0 Å².